The van der Waals surface area contributed by atoms with Crippen molar-refractivity contribution in [1.82, 2.24) is 15.2 Å². The summed E-state index contributed by atoms with van der Waals surface area (Å²) in [6.45, 7) is 1.52. The maximum atomic E-state index is 11.9. The number of benzene rings is 1. The number of nitriles is 1. The molecule has 3 N–H and O–H groups in total. The topological polar surface area (TPSA) is 122 Å². The molecule has 3 rings (SSSR count). The second-order valence-electron chi connectivity index (χ2n) is 5.00. The maximum absolute atomic E-state index is 11.9. The number of aromatic amines is 1. The number of para-hydroxylation sites is 1. The summed E-state index contributed by atoms with van der Waals surface area (Å²) in [6, 6.07) is 9.57. The maximum Gasteiger partial charge on any atom is 0.277 e. The number of Topliss-reactive ketones (excluding diaryl/α,β-unsaturated/α-hetero) is 1. The van der Waals surface area contributed by atoms with Crippen LogP contribution in [0.5, 0.6) is 0 Å². The summed E-state index contributed by atoms with van der Waals surface area (Å²) in [4.78, 5) is 15.1. The first kappa shape index (κ1) is 15.8. The van der Waals surface area contributed by atoms with E-state index >= 15 is 0 Å². The average molecular weight is 339 g/mol. The molecule has 0 saturated heterocycles. The van der Waals surface area contributed by atoms with Gasteiger partial charge >= 0.3 is 0 Å². The molecular weight excluding hydrogens is 326 g/mol. The minimum absolute atomic E-state index is 0.00690. The first-order chi connectivity index (χ1) is 11.6. The van der Waals surface area contributed by atoms with Crippen molar-refractivity contribution in [3.05, 3.63) is 41.7 Å². The van der Waals surface area contributed by atoms with E-state index in [9.17, 15) is 4.79 Å². The molecule has 0 spiro atoms. The molecule has 0 radical (unpaired) electrons. The number of rotatable bonds is 5. The van der Waals surface area contributed by atoms with Crippen LogP contribution in [0.3, 0.4) is 0 Å². The lowest BCUT2D eigenvalue weighted by atomic mass is 10.2. The van der Waals surface area contributed by atoms with Crippen molar-refractivity contribution in [1.29, 1.82) is 5.26 Å². The predicted octanol–water partition coefficient (Wildman–Crippen LogP) is 2.64. The Kier molecular flexibility index (Phi) is 4.35. The Bertz CT molecular complexity index is 976. The lowest BCUT2D eigenvalue weighted by Crippen LogP contribution is -2.10. The van der Waals surface area contributed by atoms with Gasteiger partial charge in [-0.3, -0.25) is 4.79 Å². The van der Waals surface area contributed by atoms with Crippen LogP contribution < -0.4 is 5.73 Å². The van der Waals surface area contributed by atoms with Crippen LogP contribution in [0.2, 0.25) is 0 Å². The number of hydrogen-bond donors (Lipinski definition) is 2. The summed E-state index contributed by atoms with van der Waals surface area (Å²) >= 11 is 1.07. The molecular formula is C16H13N5O2S. The van der Waals surface area contributed by atoms with E-state index in [2.05, 4.69) is 15.2 Å². The van der Waals surface area contributed by atoms with Crippen molar-refractivity contribution in [2.75, 3.05) is 5.75 Å². The fourth-order valence-corrected chi connectivity index (χ4v) is 2.83. The van der Waals surface area contributed by atoms with Crippen LogP contribution in [0.1, 0.15) is 6.92 Å². The number of H-pyrrole nitrogens is 1. The molecule has 0 amide bonds. The molecule has 8 heteroatoms. The Morgan fingerprint density at radius 2 is 2.21 bits per heavy atom. The van der Waals surface area contributed by atoms with Gasteiger partial charge in [0.25, 0.3) is 11.1 Å². The minimum Gasteiger partial charge on any atom is -0.411 e. The van der Waals surface area contributed by atoms with Gasteiger partial charge in [-0.1, -0.05) is 30.0 Å². The number of allylic oxidation sites excluding steroid dienone is 2. The van der Waals surface area contributed by atoms with Crippen LogP contribution in [0.4, 0.5) is 0 Å². The van der Waals surface area contributed by atoms with Crippen LogP contribution in [-0.4, -0.2) is 26.7 Å². The highest BCUT2D eigenvalue weighted by molar-refractivity contribution is 7.99. The Morgan fingerprint density at radius 3 is 2.96 bits per heavy atom. The molecule has 120 valence electrons. The van der Waals surface area contributed by atoms with E-state index < -0.39 is 0 Å². The van der Waals surface area contributed by atoms with Crippen LogP contribution >= 0.6 is 11.8 Å². The molecule has 2 heterocycles. The highest BCUT2D eigenvalue weighted by Crippen LogP contribution is 2.29. The molecule has 0 aliphatic heterocycles. The minimum atomic E-state index is -0.366. The van der Waals surface area contributed by atoms with Gasteiger partial charge in [-0.05, 0) is 13.0 Å². The third-order valence-electron chi connectivity index (χ3n) is 3.34. The normalized spacial score (nSPS) is 12.0. The third kappa shape index (κ3) is 3.02. The van der Waals surface area contributed by atoms with Crippen LogP contribution in [0.15, 0.2) is 51.4 Å². The summed E-state index contributed by atoms with van der Waals surface area (Å²) in [5.41, 5.74) is 7.44. The SMILES string of the molecule is C/C(N)=C(/C#N)C(=O)CSc1nnc(-c2c[nH]c3ccccc23)o1. The van der Waals surface area contributed by atoms with E-state index in [1.807, 2.05) is 24.3 Å². The van der Waals surface area contributed by atoms with Crippen molar-refractivity contribution in [2.45, 2.75) is 12.1 Å². The molecule has 1 aromatic carbocycles. The molecule has 0 bridgehead atoms. The summed E-state index contributed by atoms with van der Waals surface area (Å²) in [5, 5.41) is 18.1. The first-order valence-electron chi connectivity index (χ1n) is 7.02. The number of nitrogens with one attached hydrogen (secondary N) is 1. The molecule has 0 aliphatic carbocycles. The van der Waals surface area contributed by atoms with E-state index in [1.165, 1.54) is 6.92 Å². The fraction of sp³-hybridized carbons (Fsp3) is 0.125. The zero-order chi connectivity index (χ0) is 17.1. The van der Waals surface area contributed by atoms with E-state index in [1.54, 1.807) is 12.3 Å². The van der Waals surface area contributed by atoms with Crippen molar-refractivity contribution < 1.29 is 9.21 Å². The van der Waals surface area contributed by atoms with Gasteiger partial charge in [0.15, 0.2) is 5.78 Å². The molecule has 0 atom stereocenters. The highest BCUT2D eigenvalue weighted by atomic mass is 32.2. The van der Waals surface area contributed by atoms with Gasteiger partial charge < -0.3 is 15.1 Å². The number of fused-ring (bicyclic) bond motifs is 1. The lowest BCUT2D eigenvalue weighted by molar-refractivity contribution is -0.112. The first-order valence-corrected chi connectivity index (χ1v) is 8.01. The van der Waals surface area contributed by atoms with Crippen LogP contribution in [-0.2, 0) is 4.79 Å². The van der Waals surface area contributed by atoms with E-state index in [0.29, 0.717) is 5.89 Å². The summed E-state index contributed by atoms with van der Waals surface area (Å²) < 4.78 is 5.60. The predicted molar refractivity (Wildman–Crippen MR) is 89.8 cm³/mol. The van der Waals surface area contributed by atoms with Crippen molar-refractivity contribution in [3.63, 3.8) is 0 Å². The summed E-state index contributed by atoms with van der Waals surface area (Å²) in [7, 11) is 0. The number of carbonyl (C=O) groups excluding carboxylic acids is 1. The standard InChI is InChI=1S/C16H13N5O2S/c1-9(18)11(6-17)14(22)8-24-16-21-20-15(23-16)12-7-19-13-5-3-2-4-10(12)13/h2-5,7,19H,8,18H2,1H3/b11-9+. The van der Waals surface area contributed by atoms with Gasteiger partial charge in [-0.25, -0.2) is 0 Å². The molecule has 7 nitrogen and oxygen atoms in total. The number of nitrogens with zero attached hydrogens (tertiary/aromatic N) is 3. The van der Waals surface area contributed by atoms with Crippen molar-refractivity contribution >= 4 is 28.4 Å². The number of nitrogens with two attached hydrogens (primary N) is 1. The number of hydrogen-bond acceptors (Lipinski definition) is 7. The molecule has 0 fully saturated rings. The lowest BCUT2D eigenvalue weighted by Gasteiger charge is -1.98. The van der Waals surface area contributed by atoms with Gasteiger partial charge in [-0.15, -0.1) is 10.2 Å². The fourth-order valence-electron chi connectivity index (χ4n) is 2.20. The average Bonchev–Trinajstić information content (AvgIpc) is 3.19. The van der Waals surface area contributed by atoms with Crippen LogP contribution in [0.25, 0.3) is 22.4 Å². The van der Waals surface area contributed by atoms with Gasteiger partial charge in [0.1, 0.15) is 11.6 Å². The van der Waals surface area contributed by atoms with Gasteiger partial charge in [0.05, 0.1) is 11.3 Å². The Morgan fingerprint density at radius 1 is 1.42 bits per heavy atom. The number of carbonyl (C=O) groups is 1. The molecule has 0 aliphatic rings. The molecule has 0 saturated carbocycles. The van der Waals surface area contributed by atoms with Gasteiger partial charge in [0.2, 0.25) is 0 Å². The van der Waals surface area contributed by atoms with Crippen LogP contribution in [0, 0.1) is 11.3 Å². The largest absolute Gasteiger partial charge is 0.411 e. The number of thioether (sulfide) groups is 1. The Balaban J connectivity index is 1.76. The van der Waals surface area contributed by atoms with Crippen molar-refractivity contribution in [3.8, 4) is 17.5 Å². The van der Waals surface area contributed by atoms with E-state index in [-0.39, 0.29) is 28.0 Å². The molecule has 2 aromatic heterocycles. The van der Waals surface area contributed by atoms with Crippen molar-refractivity contribution in [2.24, 2.45) is 5.73 Å². The quantitative estimate of drug-likeness (QED) is 0.416. The number of ketones is 1. The monoisotopic (exact) mass is 339 g/mol. The summed E-state index contributed by atoms with van der Waals surface area (Å²) in [5.74, 6) is 0.00949. The number of aromatic nitrogens is 3. The third-order valence-corrected chi connectivity index (χ3v) is 4.16. The molecule has 0 unspecified atom stereocenters. The zero-order valence-electron chi connectivity index (χ0n) is 12.7. The van der Waals surface area contributed by atoms with E-state index in [0.717, 1.165) is 28.2 Å². The second kappa shape index (κ2) is 6.60. The Hall–Kier alpha value is -3.05. The zero-order valence-corrected chi connectivity index (χ0v) is 13.6. The molecule has 3 aromatic rings. The Labute approximate surface area is 141 Å². The highest BCUT2D eigenvalue weighted by Gasteiger charge is 2.16. The molecule has 24 heavy (non-hydrogen) atoms. The van der Waals surface area contributed by atoms with Gasteiger partial charge in [0, 0.05) is 22.8 Å². The van der Waals surface area contributed by atoms with E-state index in [4.69, 9.17) is 15.4 Å². The summed E-state index contributed by atoms with van der Waals surface area (Å²) in [6.07, 6.45) is 1.80. The second-order valence-corrected chi connectivity index (χ2v) is 5.93. The smallest absolute Gasteiger partial charge is 0.277 e. The van der Waals surface area contributed by atoms with Gasteiger partial charge in [-0.2, -0.15) is 5.26 Å².